The Hall–Kier alpha value is -2.44. The first-order valence-electron chi connectivity index (χ1n) is 5.06. The van der Waals surface area contributed by atoms with Gasteiger partial charge in [-0.15, -0.1) is 0 Å². The predicted octanol–water partition coefficient (Wildman–Crippen LogP) is 1.38. The van der Waals surface area contributed by atoms with E-state index in [9.17, 15) is 19.7 Å². The molecule has 18 heavy (non-hydrogen) atoms. The van der Waals surface area contributed by atoms with Crippen molar-refractivity contribution in [3.05, 3.63) is 33.9 Å². The highest BCUT2D eigenvalue weighted by molar-refractivity contribution is 5.97. The van der Waals surface area contributed by atoms with E-state index in [0.29, 0.717) is 0 Å². The van der Waals surface area contributed by atoms with Gasteiger partial charge in [-0.2, -0.15) is 0 Å². The van der Waals surface area contributed by atoms with Crippen molar-refractivity contribution in [3.63, 3.8) is 0 Å². The van der Waals surface area contributed by atoms with Crippen LogP contribution in [-0.4, -0.2) is 30.3 Å². The Balaban J connectivity index is 3.21. The van der Waals surface area contributed by atoms with Crippen molar-refractivity contribution in [2.24, 2.45) is 0 Å². The molecule has 1 rings (SSSR count). The second-order valence-corrected chi connectivity index (χ2v) is 3.51. The SMILES string of the molecule is COC(=O)c1cccc(NCC(C)=O)c1[N+](=O)[O-]. The zero-order valence-electron chi connectivity index (χ0n) is 9.93. The maximum absolute atomic E-state index is 11.4. The number of ether oxygens (including phenoxy) is 1. The van der Waals surface area contributed by atoms with Gasteiger partial charge in [-0.1, -0.05) is 6.07 Å². The fourth-order valence-corrected chi connectivity index (χ4v) is 1.38. The van der Waals surface area contributed by atoms with Gasteiger partial charge >= 0.3 is 11.7 Å². The van der Waals surface area contributed by atoms with Crippen molar-refractivity contribution in [2.45, 2.75) is 6.92 Å². The molecule has 0 atom stereocenters. The van der Waals surface area contributed by atoms with Gasteiger partial charge in [-0.05, 0) is 19.1 Å². The topological polar surface area (TPSA) is 98.5 Å². The smallest absolute Gasteiger partial charge is 0.344 e. The lowest BCUT2D eigenvalue weighted by molar-refractivity contribution is -0.384. The minimum Gasteiger partial charge on any atom is -0.465 e. The van der Waals surface area contributed by atoms with Crippen LogP contribution in [0.5, 0.6) is 0 Å². The van der Waals surface area contributed by atoms with Gasteiger partial charge in [-0.3, -0.25) is 14.9 Å². The standard InChI is InChI=1S/C11H12N2O5/c1-7(14)6-12-9-5-3-4-8(11(15)18-2)10(9)13(16)17/h3-5,12H,6H2,1-2H3. The summed E-state index contributed by atoms with van der Waals surface area (Å²) in [5, 5.41) is 13.6. The molecule has 0 bridgehead atoms. The molecule has 7 heteroatoms. The highest BCUT2D eigenvalue weighted by Crippen LogP contribution is 2.28. The lowest BCUT2D eigenvalue weighted by Crippen LogP contribution is -2.13. The number of carbonyl (C=O) groups is 2. The number of esters is 1. The summed E-state index contributed by atoms with van der Waals surface area (Å²) in [4.78, 5) is 32.6. The minimum atomic E-state index is -0.798. The zero-order chi connectivity index (χ0) is 13.7. The van der Waals surface area contributed by atoms with Gasteiger partial charge in [0.15, 0.2) is 0 Å². The molecule has 0 fully saturated rings. The summed E-state index contributed by atoms with van der Waals surface area (Å²) in [7, 11) is 1.14. The second kappa shape index (κ2) is 5.76. The average Bonchev–Trinajstić information content (AvgIpc) is 2.34. The number of ketones is 1. The molecule has 0 aliphatic carbocycles. The maximum Gasteiger partial charge on any atom is 0.344 e. The van der Waals surface area contributed by atoms with E-state index in [1.165, 1.54) is 25.1 Å². The van der Waals surface area contributed by atoms with E-state index in [1.54, 1.807) is 0 Å². The molecule has 0 saturated carbocycles. The first-order valence-corrected chi connectivity index (χ1v) is 5.06. The largest absolute Gasteiger partial charge is 0.465 e. The van der Waals surface area contributed by atoms with Crippen LogP contribution in [0.15, 0.2) is 18.2 Å². The third kappa shape index (κ3) is 3.03. The van der Waals surface area contributed by atoms with E-state index in [1.807, 2.05) is 0 Å². The Morgan fingerprint density at radius 3 is 2.61 bits per heavy atom. The van der Waals surface area contributed by atoms with Crippen LogP contribution < -0.4 is 5.32 Å². The Labute approximate surface area is 103 Å². The number of hydrogen-bond donors (Lipinski definition) is 1. The van der Waals surface area contributed by atoms with Crippen LogP contribution in [0.3, 0.4) is 0 Å². The van der Waals surface area contributed by atoms with Crippen molar-refractivity contribution in [3.8, 4) is 0 Å². The van der Waals surface area contributed by atoms with Crippen LogP contribution >= 0.6 is 0 Å². The Morgan fingerprint density at radius 1 is 1.44 bits per heavy atom. The molecule has 7 nitrogen and oxygen atoms in total. The third-order valence-corrected chi connectivity index (χ3v) is 2.15. The summed E-state index contributed by atoms with van der Waals surface area (Å²) in [6.07, 6.45) is 0. The molecule has 0 aliphatic heterocycles. The number of nitrogens with one attached hydrogen (secondary N) is 1. The first kappa shape index (κ1) is 13.6. The second-order valence-electron chi connectivity index (χ2n) is 3.51. The van der Waals surface area contributed by atoms with E-state index in [2.05, 4.69) is 10.1 Å². The molecule has 0 spiro atoms. The van der Waals surface area contributed by atoms with Crippen molar-refractivity contribution < 1.29 is 19.2 Å². The Morgan fingerprint density at radius 2 is 2.11 bits per heavy atom. The molecule has 0 saturated heterocycles. The average molecular weight is 252 g/mol. The Kier molecular flexibility index (Phi) is 4.36. The van der Waals surface area contributed by atoms with Crippen LogP contribution in [0, 0.1) is 10.1 Å². The van der Waals surface area contributed by atoms with Gasteiger partial charge in [0.1, 0.15) is 17.0 Å². The molecule has 1 aromatic rings. The first-order chi connectivity index (χ1) is 8.47. The fourth-order valence-electron chi connectivity index (χ4n) is 1.38. The number of methoxy groups -OCH3 is 1. The molecular weight excluding hydrogens is 240 g/mol. The van der Waals surface area contributed by atoms with E-state index in [0.717, 1.165) is 7.11 Å². The molecule has 0 unspecified atom stereocenters. The molecule has 0 amide bonds. The minimum absolute atomic E-state index is 0.0501. The monoisotopic (exact) mass is 252 g/mol. The van der Waals surface area contributed by atoms with Crippen molar-refractivity contribution in [1.82, 2.24) is 0 Å². The van der Waals surface area contributed by atoms with E-state index >= 15 is 0 Å². The summed E-state index contributed by atoms with van der Waals surface area (Å²) in [5.41, 5.74) is -0.445. The molecule has 1 aromatic carbocycles. The number of benzene rings is 1. The summed E-state index contributed by atoms with van der Waals surface area (Å²) in [6, 6.07) is 4.19. The van der Waals surface area contributed by atoms with E-state index in [4.69, 9.17) is 0 Å². The van der Waals surface area contributed by atoms with Crippen molar-refractivity contribution >= 4 is 23.1 Å². The van der Waals surface area contributed by atoms with Crippen LogP contribution in [0.2, 0.25) is 0 Å². The number of Topliss-reactive ketones (excluding diaryl/α,β-unsaturated/α-hetero) is 1. The van der Waals surface area contributed by atoms with Crippen molar-refractivity contribution in [1.29, 1.82) is 0 Å². The summed E-state index contributed by atoms with van der Waals surface area (Å²) in [5.74, 6) is -0.971. The van der Waals surface area contributed by atoms with Gasteiger partial charge in [0.05, 0.1) is 18.6 Å². The molecule has 0 heterocycles. The van der Waals surface area contributed by atoms with Crippen LogP contribution in [0.25, 0.3) is 0 Å². The lowest BCUT2D eigenvalue weighted by Gasteiger charge is -2.07. The fraction of sp³-hybridized carbons (Fsp3) is 0.273. The zero-order valence-corrected chi connectivity index (χ0v) is 9.93. The number of nitrogens with zero attached hydrogens (tertiary/aromatic N) is 1. The molecular formula is C11H12N2O5. The third-order valence-electron chi connectivity index (χ3n) is 2.15. The summed E-state index contributed by atoms with van der Waals surface area (Å²) in [6.45, 7) is 1.30. The quantitative estimate of drug-likeness (QED) is 0.483. The molecule has 96 valence electrons. The number of carbonyl (C=O) groups excluding carboxylic acids is 2. The highest BCUT2D eigenvalue weighted by Gasteiger charge is 2.24. The summed E-state index contributed by atoms with van der Waals surface area (Å²) >= 11 is 0. The molecule has 0 aliphatic rings. The molecule has 0 radical (unpaired) electrons. The van der Waals surface area contributed by atoms with Gasteiger partial charge in [0.2, 0.25) is 0 Å². The molecule has 1 N–H and O–H groups in total. The van der Waals surface area contributed by atoms with Gasteiger partial charge in [-0.25, -0.2) is 4.79 Å². The summed E-state index contributed by atoms with van der Waals surface area (Å²) < 4.78 is 4.47. The van der Waals surface area contributed by atoms with Crippen molar-refractivity contribution in [2.75, 3.05) is 19.0 Å². The number of para-hydroxylation sites is 1. The van der Waals surface area contributed by atoms with Gasteiger partial charge in [0, 0.05) is 0 Å². The highest BCUT2D eigenvalue weighted by atomic mass is 16.6. The van der Waals surface area contributed by atoms with Gasteiger partial charge in [0.25, 0.3) is 0 Å². The predicted molar refractivity (Wildman–Crippen MR) is 63.6 cm³/mol. The number of nitro groups is 1. The number of hydrogen-bond acceptors (Lipinski definition) is 6. The normalized spacial score (nSPS) is 9.67. The van der Waals surface area contributed by atoms with E-state index in [-0.39, 0.29) is 23.6 Å². The van der Waals surface area contributed by atoms with E-state index < -0.39 is 16.6 Å². The number of anilines is 1. The number of nitro benzene ring substituents is 1. The maximum atomic E-state index is 11.4. The van der Waals surface area contributed by atoms with Crippen LogP contribution in [-0.2, 0) is 9.53 Å². The molecule has 0 aromatic heterocycles. The van der Waals surface area contributed by atoms with Crippen LogP contribution in [0.4, 0.5) is 11.4 Å². The Bertz CT molecular complexity index is 498. The van der Waals surface area contributed by atoms with Gasteiger partial charge < -0.3 is 10.1 Å². The van der Waals surface area contributed by atoms with Crippen LogP contribution in [0.1, 0.15) is 17.3 Å². The number of rotatable bonds is 5. The lowest BCUT2D eigenvalue weighted by atomic mass is 10.1.